The summed E-state index contributed by atoms with van der Waals surface area (Å²) in [6, 6.07) is 0.0937. The molecule has 1 aromatic rings. The number of rotatable bonds is 2. The van der Waals surface area contributed by atoms with Gasteiger partial charge < -0.3 is 5.73 Å². The van der Waals surface area contributed by atoms with Crippen LogP contribution in [0.5, 0.6) is 0 Å². The van der Waals surface area contributed by atoms with Gasteiger partial charge in [0.25, 0.3) is 0 Å². The fraction of sp³-hybridized carbons (Fsp3) is 0.778. The highest BCUT2D eigenvalue weighted by Crippen LogP contribution is 2.33. The second-order valence-electron chi connectivity index (χ2n) is 3.83. The number of hydrogen-bond acceptors (Lipinski definition) is 3. The molecule has 0 radical (unpaired) electrons. The predicted molar refractivity (Wildman–Crippen MR) is 49.9 cm³/mol. The van der Waals surface area contributed by atoms with E-state index in [1.165, 1.54) is 25.7 Å². The summed E-state index contributed by atoms with van der Waals surface area (Å²) in [6.45, 7) is 0. The van der Waals surface area contributed by atoms with Crippen molar-refractivity contribution in [2.75, 3.05) is 0 Å². The van der Waals surface area contributed by atoms with E-state index in [1.807, 2.05) is 7.05 Å². The topological polar surface area (TPSA) is 56.7 Å². The van der Waals surface area contributed by atoms with E-state index in [-0.39, 0.29) is 6.04 Å². The van der Waals surface area contributed by atoms with Crippen molar-refractivity contribution >= 4 is 0 Å². The molecular weight excluding hydrogens is 164 g/mol. The highest BCUT2D eigenvalue weighted by molar-refractivity contribution is 5.01. The molecule has 4 heteroatoms. The van der Waals surface area contributed by atoms with Crippen molar-refractivity contribution in [1.82, 2.24) is 15.0 Å². The second kappa shape index (κ2) is 3.46. The molecule has 2 N–H and O–H groups in total. The molecule has 1 aliphatic carbocycles. The van der Waals surface area contributed by atoms with E-state index in [0.717, 1.165) is 5.69 Å². The Hall–Kier alpha value is -0.900. The molecule has 1 aliphatic rings. The van der Waals surface area contributed by atoms with Crippen LogP contribution < -0.4 is 5.73 Å². The van der Waals surface area contributed by atoms with Crippen LogP contribution in [-0.2, 0) is 7.05 Å². The van der Waals surface area contributed by atoms with Gasteiger partial charge in [-0.25, -0.2) is 0 Å². The Kier molecular flexibility index (Phi) is 2.31. The SMILES string of the molecule is Cn1ncc(C(N)C2CCCC2)n1. The number of hydrogen-bond donors (Lipinski definition) is 1. The van der Waals surface area contributed by atoms with Crippen molar-refractivity contribution in [1.29, 1.82) is 0 Å². The molecule has 1 aromatic heterocycles. The molecule has 0 aliphatic heterocycles. The summed E-state index contributed by atoms with van der Waals surface area (Å²) in [4.78, 5) is 1.57. The largest absolute Gasteiger partial charge is 0.322 e. The van der Waals surface area contributed by atoms with Crippen LogP contribution in [-0.4, -0.2) is 15.0 Å². The molecule has 2 rings (SSSR count). The van der Waals surface area contributed by atoms with Crippen LogP contribution in [0.25, 0.3) is 0 Å². The van der Waals surface area contributed by atoms with Crippen molar-refractivity contribution in [3.8, 4) is 0 Å². The number of aromatic nitrogens is 3. The normalized spacial score (nSPS) is 20.8. The highest BCUT2D eigenvalue weighted by Gasteiger charge is 2.24. The van der Waals surface area contributed by atoms with Crippen LogP contribution in [0.3, 0.4) is 0 Å². The minimum Gasteiger partial charge on any atom is -0.322 e. The Labute approximate surface area is 78.1 Å². The van der Waals surface area contributed by atoms with Crippen molar-refractivity contribution in [2.24, 2.45) is 18.7 Å². The summed E-state index contributed by atoms with van der Waals surface area (Å²) >= 11 is 0. The van der Waals surface area contributed by atoms with Gasteiger partial charge in [-0.2, -0.15) is 15.0 Å². The van der Waals surface area contributed by atoms with Crippen LogP contribution in [0.4, 0.5) is 0 Å². The lowest BCUT2D eigenvalue weighted by Crippen LogP contribution is -2.19. The van der Waals surface area contributed by atoms with E-state index in [9.17, 15) is 0 Å². The molecule has 0 bridgehead atoms. The first-order valence-corrected chi connectivity index (χ1v) is 4.89. The Morgan fingerprint density at radius 2 is 2.23 bits per heavy atom. The highest BCUT2D eigenvalue weighted by atomic mass is 15.4. The van der Waals surface area contributed by atoms with Gasteiger partial charge in [0.15, 0.2) is 0 Å². The molecular formula is C9H16N4. The van der Waals surface area contributed by atoms with Crippen LogP contribution in [0.1, 0.15) is 37.4 Å². The average Bonchev–Trinajstić information content (AvgIpc) is 2.72. The number of nitrogens with zero attached hydrogens (tertiary/aromatic N) is 3. The molecule has 0 spiro atoms. The molecule has 4 nitrogen and oxygen atoms in total. The maximum absolute atomic E-state index is 6.10. The average molecular weight is 180 g/mol. The molecule has 0 aromatic carbocycles. The maximum atomic E-state index is 6.10. The van der Waals surface area contributed by atoms with E-state index in [1.54, 1.807) is 11.0 Å². The van der Waals surface area contributed by atoms with E-state index < -0.39 is 0 Å². The van der Waals surface area contributed by atoms with Gasteiger partial charge in [-0.1, -0.05) is 12.8 Å². The van der Waals surface area contributed by atoms with E-state index in [0.29, 0.717) is 5.92 Å². The molecule has 1 saturated carbocycles. The third-order valence-electron chi connectivity index (χ3n) is 2.87. The van der Waals surface area contributed by atoms with Gasteiger partial charge in [-0.3, -0.25) is 0 Å². The van der Waals surface area contributed by atoms with Crippen LogP contribution >= 0.6 is 0 Å². The Bertz CT molecular complexity index is 275. The lowest BCUT2D eigenvalue weighted by molar-refractivity contribution is 0.433. The van der Waals surface area contributed by atoms with E-state index in [2.05, 4.69) is 10.2 Å². The molecule has 0 amide bonds. The van der Waals surface area contributed by atoms with Gasteiger partial charge in [0, 0.05) is 7.05 Å². The van der Waals surface area contributed by atoms with Crippen molar-refractivity contribution in [3.05, 3.63) is 11.9 Å². The minimum absolute atomic E-state index is 0.0937. The molecule has 13 heavy (non-hydrogen) atoms. The van der Waals surface area contributed by atoms with Crippen molar-refractivity contribution in [2.45, 2.75) is 31.7 Å². The third kappa shape index (κ3) is 1.72. The lowest BCUT2D eigenvalue weighted by atomic mass is 9.97. The molecule has 1 unspecified atom stereocenters. The first kappa shape index (κ1) is 8.69. The number of aryl methyl sites for hydroxylation is 1. The Morgan fingerprint density at radius 1 is 1.54 bits per heavy atom. The minimum atomic E-state index is 0.0937. The summed E-state index contributed by atoms with van der Waals surface area (Å²) in [5, 5.41) is 8.27. The zero-order valence-corrected chi connectivity index (χ0v) is 7.98. The molecule has 1 heterocycles. The van der Waals surface area contributed by atoms with Crippen molar-refractivity contribution in [3.63, 3.8) is 0 Å². The summed E-state index contributed by atoms with van der Waals surface area (Å²) in [6.07, 6.45) is 6.91. The van der Waals surface area contributed by atoms with E-state index in [4.69, 9.17) is 5.73 Å². The molecule has 1 atom stereocenters. The zero-order valence-electron chi connectivity index (χ0n) is 7.98. The van der Waals surface area contributed by atoms with E-state index >= 15 is 0 Å². The van der Waals surface area contributed by atoms with Crippen LogP contribution in [0.15, 0.2) is 6.20 Å². The summed E-state index contributed by atoms with van der Waals surface area (Å²) in [7, 11) is 1.82. The maximum Gasteiger partial charge on any atom is 0.0996 e. The second-order valence-corrected chi connectivity index (χ2v) is 3.83. The van der Waals surface area contributed by atoms with Gasteiger partial charge in [-0.05, 0) is 18.8 Å². The summed E-state index contributed by atoms with van der Waals surface area (Å²) in [5.74, 6) is 0.622. The molecule has 72 valence electrons. The Morgan fingerprint density at radius 3 is 2.77 bits per heavy atom. The fourth-order valence-corrected chi connectivity index (χ4v) is 2.07. The lowest BCUT2D eigenvalue weighted by Gasteiger charge is -2.15. The monoisotopic (exact) mass is 180 g/mol. The van der Waals surface area contributed by atoms with Gasteiger partial charge in [0.1, 0.15) is 0 Å². The first-order chi connectivity index (χ1) is 6.27. The summed E-state index contributed by atoms with van der Waals surface area (Å²) < 4.78 is 0. The van der Waals surface area contributed by atoms with Gasteiger partial charge in [0.05, 0.1) is 17.9 Å². The van der Waals surface area contributed by atoms with Crippen molar-refractivity contribution < 1.29 is 0 Å². The number of nitrogens with two attached hydrogens (primary N) is 1. The van der Waals surface area contributed by atoms with Crippen LogP contribution in [0, 0.1) is 5.92 Å². The van der Waals surface area contributed by atoms with Gasteiger partial charge in [-0.15, -0.1) is 0 Å². The standard InChI is InChI=1S/C9H16N4/c1-13-11-6-8(12-13)9(10)7-4-2-3-5-7/h6-7,9H,2-5,10H2,1H3. The molecule has 1 fully saturated rings. The smallest absolute Gasteiger partial charge is 0.0996 e. The quantitative estimate of drug-likeness (QED) is 0.738. The first-order valence-electron chi connectivity index (χ1n) is 4.89. The Balaban J connectivity index is 2.07. The van der Waals surface area contributed by atoms with Gasteiger partial charge >= 0.3 is 0 Å². The molecule has 0 saturated heterocycles. The third-order valence-corrected chi connectivity index (χ3v) is 2.87. The van der Waals surface area contributed by atoms with Gasteiger partial charge in [0.2, 0.25) is 0 Å². The zero-order chi connectivity index (χ0) is 9.26. The predicted octanol–water partition coefficient (Wildman–Crippen LogP) is 1.01. The van der Waals surface area contributed by atoms with Crippen LogP contribution in [0.2, 0.25) is 0 Å². The summed E-state index contributed by atoms with van der Waals surface area (Å²) in [5.41, 5.74) is 7.04. The fourth-order valence-electron chi connectivity index (χ4n) is 2.07.